The van der Waals surface area contributed by atoms with Gasteiger partial charge in [-0.05, 0) is 12.3 Å². The maximum absolute atomic E-state index is 12.0. The van der Waals surface area contributed by atoms with Gasteiger partial charge in [0, 0.05) is 53.6 Å². The predicted octanol–water partition coefficient (Wildman–Crippen LogP) is 3.22. The summed E-state index contributed by atoms with van der Waals surface area (Å²) in [4.78, 5) is 12.0. The maximum atomic E-state index is 12.0. The molecule has 0 aromatic heterocycles. The Kier molecular flexibility index (Phi) is 4.36. The number of hydrogen-bond donors (Lipinski definition) is 3. The number of aliphatic hydroxyl groups is 1. The molecule has 3 N–H and O–H groups in total. The number of hydrogen-bond acceptors (Lipinski definition) is 7. The van der Waals surface area contributed by atoms with Gasteiger partial charge < -0.3 is 34.3 Å². The van der Waals surface area contributed by atoms with E-state index in [1.54, 1.807) is 6.07 Å². The molecule has 0 amide bonds. The number of aliphatic hydroxyl groups excluding tert-OH is 1. The lowest BCUT2D eigenvalue weighted by Crippen LogP contribution is -2.44. The molecule has 0 bridgehead atoms. The number of methoxy groups -OCH3 is 1. The van der Waals surface area contributed by atoms with E-state index in [9.17, 15) is 20.1 Å². The van der Waals surface area contributed by atoms with E-state index in [2.05, 4.69) is 6.92 Å². The normalized spacial score (nSPS) is 25.4. The van der Waals surface area contributed by atoms with Gasteiger partial charge in [0.05, 0.1) is 25.9 Å². The molecule has 0 aliphatic carbocycles. The topological polar surface area (TPSA) is 115 Å². The summed E-state index contributed by atoms with van der Waals surface area (Å²) in [7, 11) is 1.53. The first-order valence-corrected chi connectivity index (χ1v) is 10.2. The molecule has 0 radical (unpaired) electrons. The molecule has 8 heteroatoms. The Morgan fingerprint density at radius 2 is 2.03 bits per heavy atom. The summed E-state index contributed by atoms with van der Waals surface area (Å²) in [5, 5.41) is 29.7. The van der Waals surface area contributed by atoms with Gasteiger partial charge in [0.25, 0.3) is 0 Å². The van der Waals surface area contributed by atoms with Crippen molar-refractivity contribution in [2.45, 2.75) is 39.1 Å². The van der Waals surface area contributed by atoms with E-state index in [1.807, 2.05) is 6.92 Å². The molecule has 3 atom stereocenters. The van der Waals surface area contributed by atoms with Gasteiger partial charge in [-0.3, -0.25) is 0 Å². The van der Waals surface area contributed by atoms with Crippen LogP contribution in [0.2, 0.25) is 0 Å². The maximum Gasteiger partial charge on any atom is 0.336 e. The third-order valence-corrected chi connectivity index (χ3v) is 6.77. The molecule has 5 rings (SSSR count). The second-order valence-electron chi connectivity index (χ2n) is 8.55. The number of carbonyl (C=O) groups is 1. The summed E-state index contributed by atoms with van der Waals surface area (Å²) in [6.45, 7) is 4.09. The molecule has 8 nitrogen and oxygen atoms in total. The van der Waals surface area contributed by atoms with Gasteiger partial charge >= 0.3 is 5.97 Å². The van der Waals surface area contributed by atoms with Gasteiger partial charge in [0.1, 0.15) is 28.7 Å². The van der Waals surface area contributed by atoms with Crippen molar-refractivity contribution in [3.05, 3.63) is 39.9 Å². The molecule has 0 saturated carbocycles. The van der Waals surface area contributed by atoms with Crippen molar-refractivity contribution < 1.29 is 39.1 Å². The van der Waals surface area contributed by atoms with E-state index in [0.29, 0.717) is 47.3 Å². The zero-order chi connectivity index (χ0) is 22.1. The van der Waals surface area contributed by atoms with Crippen LogP contribution in [0.15, 0.2) is 12.1 Å². The monoisotopic (exact) mass is 428 g/mol. The number of aromatic carboxylic acids is 1. The van der Waals surface area contributed by atoms with Crippen LogP contribution in [0.3, 0.4) is 0 Å². The van der Waals surface area contributed by atoms with Crippen LogP contribution in [0.4, 0.5) is 0 Å². The molecular weight excluding hydrogens is 404 g/mol. The molecule has 0 unspecified atom stereocenters. The molecule has 3 heterocycles. The van der Waals surface area contributed by atoms with E-state index in [1.165, 1.54) is 13.2 Å². The number of carboxylic acid groups (broad SMARTS) is 1. The second-order valence-corrected chi connectivity index (χ2v) is 8.55. The van der Waals surface area contributed by atoms with E-state index in [-0.39, 0.29) is 35.0 Å². The number of rotatable bonds is 3. The van der Waals surface area contributed by atoms with Crippen molar-refractivity contribution in [3.8, 4) is 28.7 Å². The lowest BCUT2D eigenvalue weighted by molar-refractivity contribution is -0.166. The van der Waals surface area contributed by atoms with Gasteiger partial charge in [-0.1, -0.05) is 6.92 Å². The van der Waals surface area contributed by atoms with Gasteiger partial charge in [-0.25, -0.2) is 4.79 Å². The van der Waals surface area contributed by atoms with Crippen LogP contribution in [-0.4, -0.2) is 40.8 Å². The standard InChI is InChI=1S/C23H24O8/c1-10-9-29-23(2)15(10)5-13-19(31-23)7-17(28-3)12-4-11-18(30-21(12)13)6-16(25)14(8-24)20(11)22(26)27/h6-7,10,15,24-25H,4-5,8-9H2,1-3H3,(H,26,27)/t10-,15+,23+/m1/s1. The van der Waals surface area contributed by atoms with E-state index in [0.717, 1.165) is 5.56 Å². The Morgan fingerprint density at radius 3 is 2.71 bits per heavy atom. The van der Waals surface area contributed by atoms with Crippen LogP contribution in [0, 0.1) is 11.8 Å². The number of carboxylic acids is 1. The lowest BCUT2D eigenvalue weighted by atomic mass is 9.80. The Balaban J connectivity index is 1.68. The summed E-state index contributed by atoms with van der Waals surface area (Å²) in [6.07, 6.45) is 0.908. The van der Waals surface area contributed by atoms with Crippen molar-refractivity contribution in [1.82, 2.24) is 0 Å². The van der Waals surface area contributed by atoms with Crippen molar-refractivity contribution in [1.29, 1.82) is 0 Å². The largest absolute Gasteiger partial charge is 0.507 e. The van der Waals surface area contributed by atoms with Crippen molar-refractivity contribution in [2.75, 3.05) is 13.7 Å². The minimum absolute atomic E-state index is 0.0359. The molecule has 164 valence electrons. The number of benzene rings is 2. The average molecular weight is 428 g/mol. The molecule has 2 aromatic rings. The summed E-state index contributed by atoms with van der Waals surface area (Å²) in [6, 6.07) is 3.15. The van der Waals surface area contributed by atoms with Crippen molar-refractivity contribution in [2.24, 2.45) is 11.8 Å². The quantitative estimate of drug-likeness (QED) is 0.583. The lowest BCUT2D eigenvalue weighted by Gasteiger charge is -2.39. The fourth-order valence-corrected chi connectivity index (χ4v) is 5.13. The highest BCUT2D eigenvalue weighted by atomic mass is 16.7. The first-order chi connectivity index (χ1) is 14.8. The van der Waals surface area contributed by atoms with Crippen LogP contribution in [0.25, 0.3) is 0 Å². The number of aromatic hydroxyl groups is 1. The van der Waals surface area contributed by atoms with Crippen LogP contribution >= 0.6 is 0 Å². The van der Waals surface area contributed by atoms with Gasteiger partial charge in [0.15, 0.2) is 0 Å². The van der Waals surface area contributed by atoms with Gasteiger partial charge in [0.2, 0.25) is 5.79 Å². The fraction of sp³-hybridized carbons (Fsp3) is 0.435. The molecule has 1 fully saturated rings. The van der Waals surface area contributed by atoms with Crippen LogP contribution in [0.1, 0.15) is 46.5 Å². The Labute approximate surface area is 178 Å². The first-order valence-electron chi connectivity index (χ1n) is 10.2. The summed E-state index contributed by atoms with van der Waals surface area (Å²) in [5.41, 5.74) is 1.79. The fourth-order valence-electron chi connectivity index (χ4n) is 5.13. The minimum atomic E-state index is -1.24. The molecule has 3 aliphatic heterocycles. The smallest absolute Gasteiger partial charge is 0.336 e. The second kappa shape index (κ2) is 6.77. The predicted molar refractivity (Wildman–Crippen MR) is 108 cm³/mol. The molecule has 3 aliphatic rings. The summed E-state index contributed by atoms with van der Waals surface area (Å²) >= 11 is 0. The summed E-state index contributed by atoms with van der Waals surface area (Å²) in [5.74, 6) is 0.113. The van der Waals surface area contributed by atoms with Gasteiger partial charge in [-0.15, -0.1) is 0 Å². The Bertz CT molecular complexity index is 1110. The Morgan fingerprint density at radius 1 is 1.26 bits per heavy atom. The number of ether oxygens (including phenoxy) is 4. The number of fused-ring (bicyclic) bond motifs is 5. The third kappa shape index (κ3) is 2.78. The number of phenols is 1. The highest BCUT2D eigenvalue weighted by Crippen LogP contribution is 2.54. The zero-order valence-corrected chi connectivity index (χ0v) is 17.5. The molecule has 0 spiro atoms. The Hall–Kier alpha value is -2.97. The highest BCUT2D eigenvalue weighted by Gasteiger charge is 2.51. The highest BCUT2D eigenvalue weighted by molar-refractivity contribution is 5.93. The molecule has 2 aromatic carbocycles. The van der Waals surface area contributed by atoms with Crippen LogP contribution in [0.5, 0.6) is 28.7 Å². The molecule has 1 saturated heterocycles. The van der Waals surface area contributed by atoms with Crippen LogP contribution < -0.4 is 14.2 Å². The van der Waals surface area contributed by atoms with E-state index < -0.39 is 18.4 Å². The SMILES string of the molecule is COc1cc2c(c3c1Cc1c(cc(O)c(CO)c1C(=O)O)O3)C[C@H]1[C@H](C)CO[C@@]1(C)O2. The first kappa shape index (κ1) is 20.0. The minimum Gasteiger partial charge on any atom is -0.507 e. The van der Waals surface area contributed by atoms with Gasteiger partial charge in [-0.2, -0.15) is 0 Å². The van der Waals surface area contributed by atoms with E-state index in [4.69, 9.17) is 18.9 Å². The third-order valence-electron chi connectivity index (χ3n) is 6.77. The molecule has 31 heavy (non-hydrogen) atoms. The average Bonchev–Trinajstić information content (AvgIpc) is 3.03. The van der Waals surface area contributed by atoms with Crippen molar-refractivity contribution in [3.63, 3.8) is 0 Å². The van der Waals surface area contributed by atoms with Crippen LogP contribution in [-0.2, 0) is 24.2 Å². The summed E-state index contributed by atoms with van der Waals surface area (Å²) < 4.78 is 24.0. The zero-order valence-electron chi connectivity index (χ0n) is 17.5. The van der Waals surface area contributed by atoms with Crippen molar-refractivity contribution >= 4 is 5.97 Å². The van der Waals surface area contributed by atoms with E-state index >= 15 is 0 Å². The molecular formula is C23H24O8.